The summed E-state index contributed by atoms with van der Waals surface area (Å²) in [4.78, 5) is 0. The molecule has 1 heterocycles. The maximum Gasteiger partial charge on any atom is 0.214 e. The monoisotopic (exact) mass is 295 g/mol. The number of fused-ring (bicyclic) bond motifs is 1. The van der Waals surface area contributed by atoms with Crippen LogP contribution in [0.2, 0.25) is 0 Å². The number of hydrogen-bond donors (Lipinski definition) is 0. The molecule has 2 rings (SSSR count). The van der Waals surface area contributed by atoms with Gasteiger partial charge in [0, 0.05) is 11.3 Å². The molecule has 0 amide bonds. The van der Waals surface area contributed by atoms with Crippen LogP contribution < -0.4 is 4.31 Å². The van der Waals surface area contributed by atoms with Crippen molar-refractivity contribution < 1.29 is 8.42 Å². The third kappa shape index (κ3) is 3.42. The number of rotatable bonds is 3. The van der Waals surface area contributed by atoms with E-state index in [1.807, 2.05) is 24.3 Å². The SMILES string of the molecule is C=CCN1SC(C)(C)Cc2cc(C=S(=O)=O)ccc21. The lowest BCUT2D eigenvalue weighted by Crippen LogP contribution is -2.33. The van der Waals surface area contributed by atoms with Gasteiger partial charge in [-0.25, -0.2) is 0 Å². The van der Waals surface area contributed by atoms with Crippen molar-refractivity contribution in [3.05, 3.63) is 42.0 Å². The van der Waals surface area contributed by atoms with Crippen LogP contribution in [0.15, 0.2) is 30.9 Å². The molecule has 0 saturated carbocycles. The van der Waals surface area contributed by atoms with Crippen molar-refractivity contribution in [1.82, 2.24) is 0 Å². The average molecular weight is 295 g/mol. The van der Waals surface area contributed by atoms with E-state index in [1.54, 1.807) is 11.9 Å². The molecule has 0 bridgehead atoms. The molecule has 0 fully saturated rings. The Hall–Kier alpha value is -1.20. The van der Waals surface area contributed by atoms with E-state index in [9.17, 15) is 8.42 Å². The summed E-state index contributed by atoms with van der Waals surface area (Å²) < 4.78 is 23.8. The molecule has 1 aromatic carbocycles. The molecule has 1 aliphatic heterocycles. The molecule has 5 heteroatoms. The van der Waals surface area contributed by atoms with Crippen molar-refractivity contribution in [2.75, 3.05) is 10.8 Å². The van der Waals surface area contributed by atoms with E-state index in [4.69, 9.17) is 0 Å². The highest BCUT2D eigenvalue weighted by atomic mass is 32.2. The highest BCUT2D eigenvalue weighted by Gasteiger charge is 2.30. The zero-order chi connectivity index (χ0) is 14.0. The van der Waals surface area contributed by atoms with E-state index in [-0.39, 0.29) is 4.75 Å². The minimum atomic E-state index is -2.16. The molecule has 19 heavy (non-hydrogen) atoms. The normalized spacial score (nSPS) is 16.6. The Balaban J connectivity index is 2.47. The standard InChI is InChI=1S/C14H17NO2S2/c1-4-7-15-13-6-5-11(10-19(16)17)8-12(13)9-14(2,3)18-15/h4-6,8,10H,1,7,9H2,2-3H3. The lowest BCUT2D eigenvalue weighted by atomic mass is 9.98. The molecule has 0 saturated heterocycles. The van der Waals surface area contributed by atoms with Crippen LogP contribution in [0.1, 0.15) is 25.0 Å². The minimum Gasteiger partial charge on any atom is -0.312 e. The van der Waals surface area contributed by atoms with E-state index >= 15 is 0 Å². The third-order valence-electron chi connectivity index (χ3n) is 2.87. The van der Waals surface area contributed by atoms with Gasteiger partial charge in [-0.3, -0.25) is 0 Å². The number of anilines is 1. The van der Waals surface area contributed by atoms with Gasteiger partial charge in [0.25, 0.3) is 0 Å². The van der Waals surface area contributed by atoms with Crippen LogP contribution in [0.25, 0.3) is 0 Å². The highest BCUT2D eigenvalue weighted by molar-refractivity contribution is 8.02. The molecule has 0 aromatic heterocycles. The van der Waals surface area contributed by atoms with Crippen molar-refractivity contribution in [3.8, 4) is 0 Å². The van der Waals surface area contributed by atoms with Gasteiger partial charge in [0.05, 0.1) is 11.1 Å². The first-order chi connectivity index (χ1) is 8.91. The summed E-state index contributed by atoms with van der Waals surface area (Å²) in [6, 6.07) is 5.78. The van der Waals surface area contributed by atoms with Crippen molar-refractivity contribution in [2.24, 2.45) is 0 Å². The highest BCUT2D eigenvalue weighted by Crippen LogP contribution is 2.43. The topological polar surface area (TPSA) is 37.4 Å². The van der Waals surface area contributed by atoms with E-state index in [0.29, 0.717) is 0 Å². The van der Waals surface area contributed by atoms with Crippen LogP contribution in [-0.2, 0) is 16.7 Å². The predicted octanol–water partition coefficient (Wildman–Crippen LogP) is 2.69. The average Bonchev–Trinajstić information content (AvgIpc) is 2.26. The lowest BCUT2D eigenvalue weighted by molar-refractivity contribution is 0.627. The second-order valence-electron chi connectivity index (χ2n) is 5.14. The molecular weight excluding hydrogens is 278 g/mol. The molecule has 0 unspecified atom stereocenters. The Morgan fingerprint density at radius 1 is 1.47 bits per heavy atom. The summed E-state index contributed by atoms with van der Waals surface area (Å²) >= 11 is 1.81. The van der Waals surface area contributed by atoms with E-state index < -0.39 is 10.3 Å². The first kappa shape index (κ1) is 14.2. The Morgan fingerprint density at radius 2 is 2.21 bits per heavy atom. The fraction of sp³-hybridized carbons (Fsp3) is 0.357. The van der Waals surface area contributed by atoms with Gasteiger partial charge in [-0.2, -0.15) is 8.42 Å². The second kappa shape index (κ2) is 5.43. The van der Waals surface area contributed by atoms with E-state index in [0.717, 1.165) is 24.2 Å². The number of nitrogens with zero attached hydrogens (tertiary/aromatic N) is 1. The lowest BCUT2D eigenvalue weighted by Gasteiger charge is -2.39. The van der Waals surface area contributed by atoms with Crippen LogP contribution >= 0.6 is 11.9 Å². The maximum absolute atomic E-state index is 10.7. The Morgan fingerprint density at radius 3 is 2.84 bits per heavy atom. The first-order valence-electron chi connectivity index (χ1n) is 6.05. The fourth-order valence-electron chi connectivity index (χ4n) is 2.27. The third-order valence-corrected chi connectivity index (χ3v) is 4.54. The molecule has 0 N–H and O–H groups in total. The van der Waals surface area contributed by atoms with Crippen LogP contribution in [0.5, 0.6) is 0 Å². The van der Waals surface area contributed by atoms with Gasteiger partial charge in [-0.1, -0.05) is 12.1 Å². The number of hydrogen-bond acceptors (Lipinski definition) is 4. The molecule has 0 radical (unpaired) electrons. The van der Waals surface area contributed by atoms with Gasteiger partial charge in [-0.05, 0) is 55.5 Å². The zero-order valence-corrected chi connectivity index (χ0v) is 12.7. The quantitative estimate of drug-likeness (QED) is 0.488. The Kier molecular flexibility index (Phi) is 4.06. The molecule has 0 spiro atoms. The van der Waals surface area contributed by atoms with Gasteiger partial charge in [0.2, 0.25) is 10.3 Å². The van der Waals surface area contributed by atoms with Gasteiger partial charge in [0.15, 0.2) is 0 Å². The second-order valence-corrected chi connectivity index (χ2v) is 7.63. The van der Waals surface area contributed by atoms with Gasteiger partial charge in [0.1, 0.15) is 0 Å². The first-order valence-corrected chi connectivity index (χ1v) is 7.96. The molecule has 0 aliphatic carbocycles. The van der Waals surface area contributed by atoms with E-state index in [2.05, 4.69) is 24.7 Å². The van der Waals surface area contributed by atoms with Crippen molar-refractivity contribution in [2.45, 2.75) is 25.0 Å². The fourth-order valence-corrected chi connectivity index (χ4v) is 3.91. The Labute approximate surface area is 120 Å². The molecule has 0 atom stereocenters. The predicted molar refractivity (Wildman–Crippen MR) is 83.4 cm³/mol. The Bertz CT molecular complexity index is 625. The molecule has 1 aliphatic rings. The summed E-state index contributed by atoms with van der Waals surface area (Å²) in [7, 11) is -2.16. The van der Waals surface area contributed by atoms with Crippen LogP contribution in [0, 0.1) is 0 Å². The summed E-state index contributed by atoms with van der Waals surface area (Å²) in [5.41, 5.74) is 3.07. The molecule has 3 nitrogen and oxygen atoms in total. The van der Waals surface area contributed by atoms with Gasteiger partial charge in [-0.15, -0.1) is 6.58 Å². The largest absolute Gasteiger partial charge is 0.312 e. The van der Waals surface area contributed by atoms with Gasteiger partial charge < -0.3 is 4.31 Å². The van der Waals surface area contributed by atoms with Crippen LogP contribution in [-0.4, -0.2) is 25.1 Å². The van der Waals surface area contributed by atoms with Crippen molar-refractivity contribution in [1.29, 1.82) is 0 Å². The molecule has 102 valence electrons. The minimum absolute atomic E-state index is 0.102. The number of benzene rings is 1. The smallest absolute Gasteiger partial charge is 0.214 e. The van der Waals surface area contributed by atoms with Crippen LogP contribution in [0.3, 0.4) is 0 Å². The van der Waals surface area contributed by atoms with Crippen molar-refractivity contribution >= 4 is 33.3 Å². The summed E-state index contributed by atoms with van der Waals surface area (Å²) in [6.07, 6.45) is 2.80. The van der Waals surface area contributed by atoms with Gasteiger partial charge >= 0.3 is 0 Å². The molecule has 1 aromatic rings. The maximum atomic E-state index is 10.7. The zero-order valence-electron chi connectivity index (χ0n) is 11.1. The summed E-state index contributed by atoms with van der Waals surface area (Å²) in [6.45, 7) is 8.95. The van der Waals surface area contributed by atoms with Crippen LogP contribution in [0.4, 0.5) is 5.69 Å². The van der Waals surface area contributed by atoms with Crippen molar-refractivity contribution in [3.63, 3.8) is 0 Å². The summed E-state index contributed by atoms with van der Waals surface area (Å²) in [5.74, 6) is 0. The van der Waals surface area contributed by atoms with E-state index in [1.165, 1.54) is 10.9 Å². The summed E-state index contributed by atoms with van der Waals surface area (Å²) in [5, 5.41) is 1.24. The molecular formula is C14H17NO2S2.